The van der Waals surface area contributed by atoms with E-state index in [0.29, 0.717) is 17.2 Å². The van der Waals surface area contributed by atoms with Crippen molar-refractivity contribution in [3.8, 4) is 11.5 Å². The molecule has 0 unspecified atom stereocenters. The Bertz CT molecular complexity index is 1000. The van der Waals surface area contributed by atoms with Crippen LogP contribution >= 0.6 is 22.6 Å². The number of methoxy groups -OCH3 is 1. The van der Waals surface area contributed by atoms with Crippen LogP contribution in [-0.2, 0) is 6.61 Å². The summed E-state index contributed by atoms with van der Waals surface area (Å²) in [5.41, 5.74) is 0.161. The first-order chi connectivity index (χ1) is 13.5. The fourth-order valence-corrected chi connectivity index (χ4v) is 2.70. The predicted octanol–water partition coefficient (Wildman–Crippen LogP) is 4.63. The topological polar surface area (TPSA) is 104 Å². The summed E-state index contributed by atoms with van der Waals surface area (Å²) in [4.78, 5) is 22.7. The van der Waals surface area contributed by atoms with Gasteiger partial charge in [0.1, 0.15) is 23.9 Å². The number of ether oxygens (including phenoxy) is 2. The maximum absolute atomic E-state index is 12.4. The highest BCUT2D eigenvalue weighted by Crippen LogP contribution is 2.29. The number of amides is 1. The second-order valence-corrected chi connectivity index (χ2v) is 6.85. The number of hydrogen-bond donors (Lipinski definition) is 1. The Morgan fingerprint density at radius 1 is 1.18 bits per heavy atom. The number of nitro groups is 1. The molecule has 0 bridgehead atoms. The maximum Gasteiger partial charge on any atom is 0.291 e. The lowest BCUT2D eigenvalue weighted by Crippen LogP contribution is -2.12. The second-order valence-electron chi connectivity index (χ2n) is 5.60. The van der Waals surface area contributed by atoms with E-state index in [0.717, 1.165) is 3.57 Å². The minimum Gasteiger partial charge on any atom is -0.494 e. The molecule has 2 aromatic carbocycles. The van der Waals surface area contributed by atoms with Crippen molar-refractivity contribution in [1.29, 1.82) is 0 Å². The van der Waals surface area contributed by atoms with Crippen molar-refractivity contribution in [2.24, 2.45) is 0 Å². The SMILES string of the molecule is COc1cc([N+](=O)[O-])ccc1NC(=O)c1ccc(COc2ccc(I)cc2)o1. The summed E-state index contributed by atoms with van der Waals surface area (Å²) in [5.74, 6) is 0.934. The highest BCUT2D eigenvalue weighted by Gasteiger charge is 2.16. The van der Waals surface area contributed by atoms with Gasteiger partial charge in [0.05, 0.1) is 23.8 Å². The van der Waals surface area contributed by atoms with Crippen molar-refractivity contribution >= 4 is 39.9 Å². The van der Waals surface area contributed by atoms with E-state index in [1.54, 1.807) is 6.07 Å². The predicted molar refractivity (Wildman–Crippen MR) is 110 cm³/mol. The summed E-state index contributed by atoms with van der Waals surface area (Å²) in [7, 11) is 1.36. The Labute approximate surface area is 173 Å². The smallest absolute Gasteiger partial charge is 0.291 e. The number of nitrogens with zero attached hydrogens (tertiary/aromatic N) is 1. The molecule has 0 aliphatic heterocycles. The van der Waals surface area contributed by atoms with E-state index in [9.17, 15) is 14.9 Å². The first kappa shape index (κ1) is 19.7. The number of halogens is 1. The van der Waals surface area contributed by atoms with Gasteiger partial charge in [-0.15, -0.1) is 0 Å². The van der Waals surface area contributed by atoms with Crippen LogP contribution in [0.1, 0.15) is 16.3 Å². The van der Waals surface area contributed by atoms with Gasteiger partial charge in [0, 0.05) is 9.64 Å². The number of carbonyl (C=O) groups excluding carboxylic acids is 1. The molecule has 144 valence electrons. The van der Waals surface area contributed by atoms with Crippen LogP contribution in [0.15, 0.2) is 59.0 Å². The highest BCUT2D eigenvalue weighted by molar-refractivity contribution is 14.1. The summed E-state index contributed by atoms with van der Waals surface area (Å²) < 4.78 is 17.3. The summed E-state index contributed by atoms with van der Waals surface area (Å²) in [6, 6.07) is 14.6. The summed E-state index contributed by atoms with van der Waals surface area (Å²) in [6.45, 7) is 0.175. The average Bonchev–Trinajstić information content (AvgIpc) is 3.17. The standard InChI is InChI=1S/C19H15IN2O6/c1-26-18-10-13(22(24)25)4-8-16(18)21-19(23)17-9-7-15(28-17)11-27-14-5-2-12(20)3-6-14/h2-10H,11H2,1H3,(H,21,23). The van der Waals surface area contributed by atoms with Gasteiger partial charge in [0.2, 0.25) is 0 Å². The number of anilines is 1. The lowest BCUT2D eigenvalue weighted by molar-refractivity contribution is -0.384. The van der Waals surface area contributed by atoms with Gasteiger partial charge in [0.15, 0.2) is 5.76 Å². The molecule has 0 saturated carbocycles. The molecule has 1 N–H and O–H groups in total. The molecule has 1 heterocycles. The Balaban J connectivity index is 1.65. The zero-order chi connectivity index (χ0) is 20.1. The number of rotatable bonds is 7. The van der Waals surface area contributed by atoms with Gasteiger partial charge in [0.25, 0.3) is 11.6 Å². The Hall–Kier alpha value is -3.08. The van der Waals surface area contributed by atoms with Gasteiger partial charge in [-0.3, -0.25) is 14.9 Å². The minimum absolute atomic E-state index is 0.0848. The minimum atomic E-state index is -0.541. The zero-order valence-electron chi connectivity index (χ0n) is 14.7. The summed E-state index contributed by atoms with van der Waals surface area (Å²) in [5, 5.41) is 13.5. The molecule has 0 aliphatic rings. The summed E-state index contributed by atoms with van der Waals surface area (Å²) >= 11 is 2.21. The molecule has 0 fully saturated rings. The molecule has 0 aliphatic carbocycles. The third-order valence-corrected chi connectivity index (χ3v) is 4.44. The number of nitro benzene ring substituents is 1. The quantitative estimate of drug-likeness (QED) is 0.292. The van der Waals surface area contributed by atoms with Gasteiger partial charge >= 0.3 is 0 Å². The van der Waals surface area contributed by atoms with E-state index in [1.165, 1.54) is 31.4 Å². The Morgan fingerprint density at radius 3 is 2.61 bits per heavy atom. The van der Waals surface area contributed by atoms with Crippen LogP contribution in [-0.4, -0.2) is 17.9 Å². The van der Waals surface area contributed by atoms with Gasteiger partial charge in [-0.2, -0.15) is 0 Å². The first-order valence-corrected chi connectivity index (χ1v) is 9.15. The van der Waals surface area contributed by atoms with Crippen LogP contribution in [0.5, 0.6) is 11.5 Å². The van der Waals surface area contributed by atoms with Crippen molar-refractivity contribution in [2.45, 2.75) is 6.61 Å². The summed E-state index contributed by atoms with van der Waals surface area (Å²) in [6.07, 6.45) is 0. The molecule has 0 saturated heterocycles. The van der Waals surface area contributed by atoms with Gasteiger partial charge < -0.3 is 19.2 Å². The van der Waals surface area contributed by atoms with Crippen LogP contribution in [0.3, 0.4) is 0 Å². The van der Waals surface area contributed by atoms with Crippen LogP contribution in [0.2, 0.25) is 0 Å². The lowest BCUT2D eigenvalue weighted by Gasteiger charge is -2.09. The molecule has 3 rings (SSSR count). The third kappa shape index (κ3) is 4.80. The van der Waals surface area contributed by atoms with Crippen LogP contribution in [0.4, 0.5) is 11.4 Å². The van der Waals surface area contributed by atoms with E-state index < -0.39 is 10.8 Å². The van der Waals surface area contributed by atoms with E-state index in [-0.39, 0.29) is 23.8 Å². The fourth-order valence-electron chi connectivity index (χ4n) is 2.34. The van der Waals surface area contributed by atoms with E-state index in [1.807, 2.05) is 24.3 Å². The largest absolute Gasteiger partial charge is 0.494 e. The zero-order valence-corrected chi connectivity index (χ0v) is 16.8. The number of hydrogen-bond acceptors (Lipinski definition) is 6. The molecule has 9 heteroatoms. The van der Waals surface area contributed by atoms with E-state index >= 15 is 0 Å². The molecule has 3 aromatic rings. The van der Waals surface area contributed by atoms with E-state index in [2.05, 4.69) is 27.9 Å². The van der Waals surface area contributed by atoms with Crippen molar-refractivity contribution in [3.05, 3.63) is 79.8 Å². The van der Waals surface area contributed by atoms with Crippen molar-refractivity contribution in [2.75, 3.05) is 12.4 Å². The number of non-ortho nitro benzene ring substituents is 1. The number of furan rings is 1. The monoisotopic (exact) mass is 494 g/mol. The van der Waals surface area contributed by atoms with Gasteiger partial charge in [-0.25, -0.2) is 0 Å². The third-order valence-electron chi connectivity index (χ3n) is 3.72. The van der Waals surface area contributed by atoms with Crippen LogP contribution < -0.4 is 14.8 Å². The van der Waals surface area contributed by atoms with Crippen LogP contribution in [0.25, 0.3) is 0 Å². The number of nitrogens with one attached hydrogen (secondary N) is 1. The second kappa shape index (κ2) is 8.74. The molecule has 8 nitrogen and oxygen atoms in total. The molecular weight excluding hydrogens is 479 g/mol. The highest BCUT2D eigenvalue weighted by atomic mass is 127. The normalized spacial score (nSPS) is 10.4. The van der Waals surface area contributed by atoms with Crippen molar-refractivity contribution in [1.82, 2.24) is 0 Å². The maximum atomic E-state index is 12.4. The van der Waals surface area contributed by atoms with Crippen molar-refractivity contribution in [3.63, 3.8) is 0 Å². The Morgan fingerprint density at radius 2 is 1.93 bits per heavy atom. The molecule has 1 aromatic heterocycles. The molecule has 0 radical (unpaired) electrons. The molecule has 1 amide bonds. The molecular formula is C19H15IN2O6. The molecule has 0 atom stereocenters. The van der Waals surface area contributed by atoms with Crippen molar-refractivity contribution < 1.29 is 23.6 Å². The van der Waals surface area contributed by atoms with E-state index in [4.69, 9.17) is 13.9 Å². The lowest BCUT2D eigenvalue weighted by atomic mass is 10.2. The number of benzene rings is 2. The first-order valence-electron chi connectivity index (χ1n) is 8.07. The Kier molecular flexibility index (Phi) is 6.14. The molecule has 0 spiro atoms. The average molecular weight is 494 g/mol. The fraction of sp³-hybridized carbons (Fsp3) is 0.105. The van der Waals surface area contributed by atoms with Gasteiger partial charge in [-0.1, -0.05) is 0 Å². The molecule has 28 heavy (non-hydrogen) atoms. The van der Waals surface area contributed by atoms with Crippen LogP contribution in [0, 0.1) is 13.7 Å². The number of carbonyl (C=O) groups is 1. The van der Waals surface area contributed by atoms with Gasteiger partial charge in [-0.05, 0) is 65.1 Å².